The van der Waals surface area contributed by atoms with E-state index in [4.69, 9.17) is 11.6 Å². The molecule has 1 aliphatic heterocycles. The van der Waals surface area contributed by atoms with Crippen molar-refractivity contribution in [2.24, 2.45) is 5.92 Å². The molecule has 7 heteroatoms. The second-order valence-corrected chi connectivity index (χ2v) is 5.29. The number of carbonyl (C=O) groups is 3. The Balaban J connectivity index is 1.62. The van der Waals surface area contributed by atoms with Gasteiger partial charge >= 0.3 is 6.03 Å². The Labute approximate surface area is 120 Å². The molecule has 0 aromatic heterocycles. The third-order valence-electron chi connectivity index (χ3n) is 3.47. The number of rotatable bonds is 3. The quantitative estimate of drug-likeness (QED) is 0.817. The highest BCUT2D eigenvalue weighted by molar-refractivity contribution is 6.31. The van der Waals surface area contributed by atoms with E-state index >= 15 is 0 Å². The molecule has 0 spiro atoms. The first-order chi connectivity index (χ1) is 9.56. The van der Waals surface area contributed by atoms with Gasteiger partial charge in [0.1, 0.15) is 6.54 Å². The van der Waals surface area contributed by atoms with Crippen molar-refractivity contribution in [2.45, 2.75) is 12.3 Å². The van der Waals surface area contributed by atoms with Crippen molar-refractivity contribution in [3.8, 4) is 0 Å². The molecule has 6 nitrogen and oxygen atoms in total. The van der Waals surface area contributed by atoms with E-state index in [1.807, 2.05) is 18.2 Å². The maximum atomic E-state index is 12.0. The van der Waals surface area contributed by atoms with Crippen LogP contribution in [0.2, 0.25) is 5.02 Å². The van der Waals surface area contributed by atoms with Crippen molar-refractivity contribution in [1.29, 1.82) is 0 Å². The summed E-state index contributed by atoms with van der Waals surface area (Å²) in [5, 5.41) is 3.73. The SMILES string of the molecule is O=C1CN(NC(=O)C2CC2c2ccccc2Cl)C(=O)N1. The lowest BCUT2D eigenvalue weighted by Gasteiger charge is -2.14. The van der Waals surface area contributed by atoms with E-state index in [0.717, 1.165) is 10.6 Å². The van der Waals surface area contributed by atoms with Crippen LogP contribution in [0.3, 0.4) is 0 Å². The number of imide groups is 1. The highest BCUT2D eigenvalue weighted by Crippen LogP contribution is 2.49. The smallest absolute Gasteiger partial charge is 0.275 e. The van der Waals surface area contributed by atoms with Crippen molar-refractivity contribution in [3.63, 3.8) is 0 Å². The molecule has 3 rings (SSSR count). The molecule has 2 fully saturated rings. The predicted octanol–water partition coefficient (Wildman–Crippen LogP) is 1.03. The van der Waals surface area contributed by atoms with E-state index in [1.54, 1.807) is 6.07 Å². The van der Waals surface area contributed by atoms with E-state index in [9.17, 15) is 14.4 Å². The molecule has 0 radical (unpaired) electrons. The average Bonchev–Trinajstić information content (AvgIpc) is 3.12. The zero-order valence-corrected chi connectivity index (χ0v) is 11.2. The first-order valence-electron chi connectivity index (χ1n) is 6.22. The molecule has 1 aromatic carbocycles. The molecule has 4 amide bonds. The van der Waals surface area contributed by atoms with Crippen LogP contribution >= 0.6 is 11.6 Å². The fraction of sp³-hybridized carbons (Fsp3) is 0.308. The summed E-state index contributed by atoms with van der Waals surface area (Å²) in [5.74, 6) is -0.822. The van der Waals surface area contributed by atoms with Crippen molar-refractivity contribution in [2.75, 3.05) is 6.54 Å². The molecule has 0 bridgehead atoms. The monoisotopic (exact) mass is 293 g/mol. The minimum Gasteiger partial charge on any atom is -0.275 e. The third kappa shape index (κ3) is 2.34. The molecule has 2 N–H and O–H groups in total. The van der Waals surface area contributed by atoms with Crippen molar-refractivity contribution in [3.05, 3.63) is 34.9 Å². The summed E-state index contributed by atoms with van der Waals surface area (Å²) in [6.07, 6.45) is 0.693. The van der Waals surface area contributed by atoms with Gasteiger partial charge in [-0.15, -0.1) is 0 Å². The van der Waals surface area contributed by atoms with E-state index in [2.05, 4.69) is 10.7 Å². The highest BCUT2D eigenvalue weighted by Gasteiger charge is 2.46. The molecule has 1 saturated heterocycles. The van der Waals surface area contributed by atoms with Gasteiger partial charge in [-0.1, -0.05) is 29.8 Å². The molecule has 2 atom stereocenters. The average molecular weight is 294 g/mol. The lowest BCUT2D eigenvalue weighted by Crippen LogP contribution is -2.45. The van der Waals surface area contributed by atoms with E-state index in [0.29, 0.717) is 11.4 Å². The Morgan fingerprint density at radius 3 is 2.75 bits per heavy atom. The van der Waals surface area contributed by atoms with Crippen LogP contribution in [-0.4, -0.2) is 29.4 Å². The minimum atomic E-state index is -0.599. The number of carbonyl (C=O) groups excluding carboxylic acids is 3. The summed E-state index contributed by atoms with van der Waals surface area (Å²) >= 11 is 6.09. The normalized spacial score (nSPS) is 24.6. The van der Waals surface area contributed by atoms with Gasteiger partial charge in [0.2, 0.25) is 11.8 Å². The van der Waals surface area contributed by atoms with Crippen LogP contribution in [0.15, 0.2) is 24.3 Å². The molecule has 2 aliphatic rings. The molecule has 1 saturated carbocycles. The Bertz CT molecular complexity index is 604. The number of benzene rings is 1. The molecule has 2 unspecified atom stereocenters. The van der Waals surface area contributed by atoms with Gasteiger partial charge < -0.3 is 0 Å². The van der Waals surface area contributed by atoms with Crippen LogP contribution in [0, 0.1) is 5.92 Å². The lowest BCUT2D eigenvalue weighted by molar-refractivity contribution is -0.126. The van der Waals surface area contributed by atoms with E-state index in [-0.39, 0.29) is 24.3 Å². The molecule has 1 heterocycles. The number of hydrazine groups is 1. The fourth-order valence-corrected chi connectivity index (χ4v) is 2.63. The third-order valence-corrected chi connectivity index (χ3v) is 3.81. The fourth-order valence-electron chi connectivity index (χ4n) is 2.35. The van der Waals surface area contributed by atoms with Crippen LogP contribution in [0.4, 0.5) is 4.79 Å². The van der Waals surface area contributed by atoms with Gasteiger partial charge in [-0.2, -0.15) is 0 Å². The van der Waals surface area contributed by atoms with Crippen molar-refractivity contribution >= 4 is 29.4 Å². The number of halogens is 1. The van der Waals surface area contributed by atoms with Gasteiger partial charge in [-0.05, 0) is 24.0 Å². The number of nitrogens with one attached hydrogen (secondary N) is 2. The second kappa shape index (κ2) is 4.79. The van der Waals surface area contributed by atoms with Crippen molar-refractivity contribution in [1.82, 2.24) is 15.8 Å². The molecule has 1 aliphatic carbocycles. The summed E-state index contributed by atoms with van der Waals surface area (Å²) in [4.78, 5) is 34.4. The molecule has 104 valence electrons. The van der Waals surface area contributed by atoms with Crippen LogP contribution in [0.1, 0.15) is 17.9 Å². The van der Waals surface area contributed by atoms with Crippen LogP contribution < -0.4 is 10.7 Å². The summed E-state index contributed by atoms with van der Waals surface area (Å²) in [7, 11) is 0. The molecule has 1 aromatic rings. The number of hydrogen-bond donors (Lipinski definition) is 2. The van der Waals surface area contributed by atoms with Crippen molar-refractivity contribution < 1.29 is 14.4 Å². The summed E-state index contributed by atoms with van der Waals surface area (Å²) in [6, 6.07) is 6.80. The first-order valence-corrected chi connectivity index (χ1v) is 6.60. The van der Waals surface area contributed by atoms with Gasteiger partial charge in [-0.3, -0.25) is 20.3 Å². The van der Waals surface area contributed by atoms with E-state index in [1.165, 1.54) is 0 Å². The molecular weight excluding hydrogens is 282 g/mol. The van der Waals surface area contributed by atoms with Gasteiger partial charge in [0, 0.05) is 10.9 Å². The zero-order valence-electron chi connectivity index (χ0n) is 10.4. The maximum Gasteiger partial charge on any atom is 0.343 e. The number of nitrogens with zero attached hydrogens (tertiary/aromatic N) is 1. The predicted molar refractivity (Wildman–Crippen MR) is 70.7 cm³/mol. The van der Waals surface area contributed by atoms with Crippen LogP contribution in [-0.2, 0) is 9.59 Å². The Kier molecular flexibility index (Phi) is 3.10. The Morgan fingerprint density at radius 1 is 1.35 bits per heavy atom. The summed E-state index contributed by atoms with van der Waals surface area (Å²) in [6.45, 7) is -0.145. The Morgan fingerprint density at radius 2 is 2.10 bits per heavy atom. The molecule has 20 heavy (non-hydrogen) atoms. The van der Waals surface area contributed by atoms with Gasteiger partial charge in [0.25, 0.3) is 0 Å². The van der Waals surface area contributed by atoms with E-state index < -0.39 is 11.9 Å². The maximum absolute atomic E-state index is 12.0. The first kappa shape index (κ1) is 12.9. The van der Waals surface area contributed by atoms with Gasteiger partial charge in [-0.25, -0.2) is 9.80 Å². The standard InChI is InChI=1S/C13H12ClN3O3/c14-10-4-2-1-3-7(10)8-5-9(8)12(19)16-17-6-11(18)15-13(17)20/h1-4,8-9H,5-6H2,(H,16,19)(H,15,18,20). The van der Waals surface area contributed by atoms with Gasteiger partial charge in [0.05, 0.1) is 0 Å². The summed E-state index contributed by atoms with van der Waals surface area (Å²) < 4.78 is 0. The highest BCUT2D eigenvalue weighted by atomic mass is 35.5. The van der Waals surface area contributed by atoms with Gasteiger partial charge in [0.15, 0.2) is 0 Å². The number of hydrogen-bond acceptors (Lipinski definition) is 3. The largest absolute Gasteiger partial charge is 0.343 e. The Hall–Kier alpha value is -2.08. The second-order valence-electron chi connectivity index (χ2n) is 4.89. The van der Waals surface area contributed by atoms with Crippen LogP contribution in [0.5, 0.6) is 0 Å². The minimum absolute atomic E-state index is 0.0741. The van der Waals surface area contributed by atoms with Crippen LogP contribution in [0.25, 0.3) is 0 Å². The lowest BCUT2D eigenvalue weighted by atomic mass is 10.1. The number of amides is 4. The molecular formula is C13H12ClN3O3. The number of urea groups is 1. The zero-order chi connectivity index (χ0) is 14.3. The topological polar surface area (TPSA) is 78.5 Å². The summed E-state index contributed by atoms with van der Waals surface area (Å²) in [5.41, 5.74) is 3.40.